The summed E-state index contributed by atoms with van der Waals surface area (Å²) in [6.07, 6.45) is 1.99. The molecule has 3 aliphatic heterocycles. The summed E-state index contributed by atoms with van der Waals surface area (Å²) >= 11 is 0. The Bertz CT molecular complexity index is 1180. The third-order valence-electron chi connectivity index (χ3n) is 7.40. The van der Waals surface area contributed by atoms with Gasteiger partial charge in [0.25, 0.3) is 0 Å². The van der Waals surface area contributed by atoms with Gasteiger partial charge in [0.2, 0.25) is 5.95 Å². The second-order valence-electron chi connectivity index (χ2n) is 9.62. The largest absolute Gasteiger partial charge is 0.497 e. The zero-order valence-corrected chi connectivity index (χ0v) is 20.4. The zero-order valence-electron chi connectivity index (χ0n) is 20.4. The van der Waals surface area contributed by atoms with E-state index in [1.54, 1.807) is 7.11 Å². The predicted octanol–water partition coefficient (Wildman–Crippen LogP) is 3.44. The van der Waals surface area contributed by atoms with Gasteiger partial charge in [-0.2, -0.15) is 4.98 Å². The molecule has 7 nitrogen and oxygen atoms in total. The fourth-order valence-electron chi connectivity index (χ4n) is 5.41. The van der Waals surface area contributed by atoms with Crippen LogP contribution in [0, 0.1) is 0 Å². The summed E-state index contributed by atoms with van der Waals surface area (Å²) < 4.78 is 11.0. The van der Waals surface area contributed by atoms with Gasteiger partial charge in [-0.25, -0.2) is 4.98 Å². The van der Waals surface area contributed by atoms with Crippen LogP contribution in [0.5, 0.6) is 5.75 Å². The standard InChI is InChI=1S/C28H33N5O2/c1-34-24-8-6-21(7-9-24)18-31-12-11-26-25(20-31)27(32-14-16-35-17-15-32)30-28(29-26)33-13-10-22-4-2-3-5-23(22)19-33/h2-9H,10-20H2,1H3. The van der Waals surface area contributed by atoms with E-state index in [1.807, 2.05) is 12.1 Å². The Balaban J connectivity index is 1.28. The van der Waals surface area contributed by atoms with E-state index in [1.165, 1.54) is 27.9 Å². The molecule has 0 unspecified atom stereocenters. The van der Waals surface area contributed by atoms with Crippen LogP contribution >= 0.6 is 0 Å². The summed E-state index contributed by atoms with van der Waals surface area (Å²) in [6, 6.07) is 17.1. The lowest BCUT2D eigenvalue weighted by molar-refractivity contribution is 0.122. The highest BCUT2D eigenvalue weighted by molar-refractivity contribution is 5.55. The number of fused-ring (bicyclic) bond motifs is 2. The second-order valence-corrected chi connectivity index (χ2v) is 9.62. The minimum atomic E-state index is 0.751. The first-order chi connectivity index (χ1) is 17.3. The highest BCUT2D eigenvalue weighted by Gasteiger charge is 2.28. The van der Waals surface area contributed by atoms with Crippen LogP contribution in [0.2, 0.25) is 0 Å². The van der Waals surface area contributed by atoms with Crippen molar-refractivity contribution in [1.82, 2.24) is 14.9 Å². The Hall–Kier alpha value is -3.16. The van der Waals surface area contributed by atoms with Gasteiger partial charge in [0, 0.05) is 57.8 Å². The molecule has 0 N–H and O–H groups in total. The molecule has 0 atom stereocenters. The average molecular weight is 472 g/mol. The van der Waals surface area contributed by atoms with E-state index in [-0.39, 0.29) is 0 Å². The SMILES string of the molecule is COc1ccc(CN2CCc3nc(N4CCc5ccccc5C4)nc(N4CCOCC4)c3C2)cc1. The zero-order chi connectivity index (χ0) is 23.6. The van der Waals surface area contributed by atoms with Crippen molar-refractivity contribution in [1.29, 1.82) is 0 Å². The van der Waals surface area contributed by atoms with Gasteiger partial charge in [-0.15, -0.1) is 0 Å². The van der Waals surface area contributed by atoms with E-state index in [9.17, 15) is 0 Å². The molecule has 1 saturated heterocycles. The van der Waals surface area contributed by atoms with Crippen LogP contribution in [0.1, 0.15) is 27.9 Å². The van der Waals surface area contributed by atoms with Gasteiger partial charge < -0.3 is 19.3 Å². The molecule has 0 radical (unpaired) electrons. The van der Waals surface area contributed by atoms with Crippen molar-refractivity contribution >= 4 is 11.8 Å². The van der Waals surface area contributed by atoms with Crippen molar-refractivity contribution in [3.63, 3.8) is 0 Å². The third kappa shape index (κ3) is 4.70. The summed E-state index contributed by atoms with van der Waals surface area (Å²) in [6.45, 7) is 7.88. The topological polar surface area (TPSA) is 54.0 Å². The van der Waals surface area contributed by atoms with Crippen LogP contribution in [0.15, 0.2) is 48.5 Å². The molecule has 0 spiro atoms. The monoisotopic (exact) mass is 471 g/mol. The molecule has 3 aliphatic rings. The molecular formula is C28H33N5O2. The molecule has 182 valence electrons. The molecule has 1 fully saturated rings. The summed E-state index contributed by atoms with van der Waals surface area (Å²) in [7, 11) is 1.71. The van der Waals surface area contributed by atoms with Gasteiger partial charge in [-0.05, 0) is 35.2 Å². The smallest absolute Gasteiger partial charge is 0.227 e. The maximum atomic E-state index is 5.65. The van der Waals surface area contributed by atoms with Crippen molar-refractivity contribution < 1.29 is 9.47 Å². The minimum Gasteiger partial charge on any atom is -0.497 e. The Morgan fingerprint density at radius 3 is 2.43 bits per heavy atom. The number of anilines is 2. The molecule has 0 aliphatic carbocycles. The second kappa shape index (κ2) is 9.84. The first-order valence-electron chi connectivity index (χ1n) is 12.7. The van der Waals surface area contributed by atoms with Crippen molar-refractivity contribution in [2.75, 3.05) is 56.3 Å². The number of aromatic nitrogens is 2. The van der Waals surface area contributed by atoms with E-state index < -0.39 is 0 Å². The Morgan fingerprint density at radius 2 is 1.63 bits per heavy atom. The van der Waals surface area contributed by atoms with Crippen molar-refractivity contribution in [2.24, 2.45) is 0 Å². The van der Waals surface area contributed by atoms with E-state index in [2.05, 4.69) is 51.1 Å². The number of benzene rings is 2. The van der Waals surface area contributed by atoms with Gasteiger partial charge in [0.05, 0.1) is 26.0 Å². The number of nitrogens with zero attached hydrogens (tertiary/aromatic N) is 5. The lowest BCUT2D eigenvalue weighted by Crippen LogP contribution is -2.40. The molecule has 3 aromatic rings. The summed E-state index contributed by atoms with van der Waals surface area (Å²) in [5.41, 5.74) is 6.63. The number of rotatable bonds is 5. The maximum Gasteiger partial charge on any atom is 0.227 e. The lowest BCUT2D eigenvalue weighted by atomic mass is 10.00. The lowest BCUT2D eigenvalue weighted by Gasteiger charge is -2.36. The molecule has 4 heterocycles. The number of methoxy groups -OCH3 is 1. The number of hydrogen-bond donors (Lipinski definition) is 0. The van der Waals surface area contributed by atoms with Crippen LogP contribution in [0.4, 0.5) is 11.8 Å². The van der Waals surface area contributed by atoms with E-state index in [4.69, 9.17) is 19.4 Å². The van der Waals surface area contributed by atoms with E-state index >= 15 is 0 Å². The van der Waals surface area contributed by atoms with Gasteiger partial charge in [-0.1, -0.05) is 36.4 Å². The normalized spacial score (nSPS) is 18.2. The number of hydrogen-bond acceptors (Lipinski definition) is 7. The summed E-state index contributed by atoms with van der Waals surface area (Å²) in [5, 5.41) is 0. The average Bonchev–Trinajstić information content (AvgIpc) is 2.93. The molecule has 1 aromatic heterocycles. The fourth-order valence-corrected chi connectivity index (χ4v) is 5.41. The Kier molecular flexibility index (Phi) is 6.27. The van der Waals surface area contributed by atoms with Crippen LogP contribution in [0.3, 0.4) is 0 Å². The minimum absolute atomic E-state index is 0.751. The maximum absolute atomic E-state index is 5.65. The number of ether oxygens (including phenoxy) is 2. The van der Waals surface area contributed by atoms with Gasteiger partial charge in [0.15, 0.2) is 0 Å². The van der Waals surface area contributed by atoms with Gasteiger partial charge in [-0.3, -0.25) is 4.90 Å². The first-order valence-corrected chi connectivity index (χ1v) is 12.7. The third-order valence-corrected chi connectivity index (χ3v) is 7.40. The molecule has 7 heteroatoms. The first kappa shape index (κ1) is 22.3. The summed E-state index contributed by atoms with van der Waals surface area (Å²) in [5.74, 6) is 2.88. The highest BCUT2D eigenvalue weighted by atomic mass is 16.5. The molecule has 0 bridgehead atoms. The molecule has 0 amide bonds. The van der Waals surface area contributed by atoms with Gasteiger partial charge in [0.1, 0.15) is 11.6 Å². The molecule has 6 rings (SSSR count). The van der Waals surface area contributed by atoms with E-state index in [0.717, 1.165) is 89.4 Å². The Morgan fingerprint density at radius 1 is 0.829 bits per heavy atom. The molecule has 0 saturated carbocycles. The van der Waals surface area contributed by atoms with Crippen LogP contribution in [-0.2, 0) is 37.2 Å². The van der Waals surface area contributed by atoms with Gasteiger partial charge >= 0.3 is 0 Å². The van der Waals surface area contributed by atoms with E-state index in [0.29, 0.717) is 0 Å². The molecule has 35 heavy (non-hydrogen) atoms. The van der Waals surface area contributed by atoms with Crippen LogP contribution in [0.25, 0.3) is 0 Å². The predicted molar refractivity (Wildman–Crippen MR) is 137 cm³/mol. The van der Waals surface area contributed by atoms with Crippen molar-refractivity contribution in [3.05, 3.63) is 76.5 Å². The molecular weight excluding hydrogens is 438 g/mol. The van der Waals surface area contributed by atoms with Crippen molar-refractivity contribution in [2.45, 2.75) is 32.5 Å². The summed E-state index contributed by atoms with van der Waals surface area (Å²) in [4.78, 5) is 17.6. The number of morpholine rings is 1. The highest BCUT2D eigenvalue weighted by Crippen LogP contribution is 2.32. The Labute approximate surface area is 207 Å². The molecule has 2 aromatic carbocycles. The quantitative estimate of drug-likeness (QED) is 0.565. The van der Waals surface area contributed by atoms with Crippen molar-refractivity contribution in [3.8, 4) is 5.75 Å². The van der Waals surface area contributed by atoms with Crippen LogP contribution in [-0.4, -0.2) is 61.4 Å². The van der Waals surface area contributed by atoms with Crippen LogP contribution < -0.4 is 14.5 Å². The fraction of sp³-hybridized carbons (Fsp3) is 0.429.